The molecule has 0 amide bonds. The van der Waals surface area contributed by atoms with Crippen LogP contribution in [0.25, 0.3) is 0 Å². The van der Waals surface area contributed by atoms with Crippen LogP contribution < -0.4 is 9.47 Å². The maximum atomic E-state index is 14.9. The van der Waals surface area contributed by atoms with Crippen molar-refractivity contribution in [2.24, 2.45) is 0 Å². The van der Waals surface area contributed by atoms with Crippen LogP contribution in [-0.4, -0.2) is 30.5 Å². The van der Waals surface area contributed by atoms with E-state index in [9.17, 15) is 8.78 Å². The number of nitrogens with zero attached hydrogens (tertiary/aromatic N) is 1. The molecule has 0 N–H and O–H groups in total. The maximum absolute atomic E-state index is 14.9. The molecule has 3 nitrogen and oxygen atoms in total. The zero-order chi connectivity index (χ0) is 24.5. The van der Waals surface area contributed by atoms with Gasteiger partial charge in [-0.1, -0.05) is 64.4 Å². The van der Waals surface area contributed by atoms with Gasteiger partial charge in [-0.05, 0) is 43.2 Å². The van der Waals surface area contributed by atoms with Crippen LogP contribution in [0.4, 0.5) is 14.5 Å². The van der Waals surface area contributed by atoms with Crippen molar-refractivity contribution in [2.75, 3.05) is 14.2 Å². The third kappa shape index (κ3) is 6.17. The summed E-state index contributed by atoms with van der Waals surface area (Å²) < 4.78 is 42.7. The van der Waals surface area contributed by atoms with Crippen molar-refractivity contribution in [3.05, 3.63) is 53.1 Å². The van der Waals surface area contributed by atoms with Crippen LogP contribution in [0.5, 0.6) is 11.5 Å². The Labute approximate surface area is 203 Å². The smallest absolute Gasteiger partial charge is 0.277 e. The van der Waals surface area contributed by atoms with E-state index in [1.165, 1.54) is 63.1 Å². The summed E-state index contributed by atoms with van der Waals surface area (Å²) in [6, 6.07) is 8.00. The van der Waals surface area contributed by atoms with Gasteiger partial charge in [0.25, 0.3) is 5.69 Å². The Bertz CT molecular complexity index is 966. The molecule has 0 spiro atoms. The van der Waals surface area contributed by atoms with E-state index >= 15 is 0 Å². The van der Waals surface area contributed by atoms with Crippen molar-refractivity contribution in [3.63, 3.8) is 0 Å². The van der Waals surface area contributed by atoms with Crippen LogP contribution >= 0.6 is 0 Å². The van der Waals surface area contributed by atoms with Gasteiger partial charge in [-0.25, -0.2) is 0 Å². The average molecular weight is 473 g/mol. The first-order valence-corrected chi connectivity index (χ1v) is 12.9. The summed E-state index contributed by atoms with van der Waals surface area (Å²) in [7, 11) is 3.24. The number of methoxy groups -OCH3 is 2. The summed E-state index contributed by atoms with van der Waals surface area (Å²) in [5.41, 5.74) is 3.13. The first-order chi connectivity index (χ1) is 16.5. The molecule has 1 atom stereocenters. The van der Waals surface area contributed by atoms with Crippen molar-refractivity contribution in [2.45, 2.75) is 90.5 Å². The second-order valence-electron chi connectivity index (χ2n) is 9.38. The van der Waals surface area contributed by atoms with Gasteiger partial charge in [-0.3, -0.25) is 0 Å². The zero-order valence-electron chi connectivity index (χ0n) is 21.3. The van der Waals surface area contributed by atoms with Gasteiger partial charge in [-0.15, -0.1) is 0 Å². The van der Waals surface area contributed by atoms with Crippen molar-refractivity contribution in [3.8, 4) is 11.5 Å². The molecule has 0 saturated carbocycles. The molecule has 2 aromatic carbocycles. The minimum absolute atomic E-state index is 0.0429. The van der Waals surface area contributed by atoms with Crippen molar-refractivity contribution in [1.29, 1.82) is 0 Å². The second-order valence-corrected chi connectivity index (χ2v) is 9.38. The van der Waals surface area contributed by atoms with Gasteiger partial charge in [-0.2, -0.15) is 13.4 Å². The molecule has 1 aliphatic heterocycles. The normalized spacial score (nSPS) is 15.4. The van der Waals surface area contributed by atoms with Crippen LogP contribution in [0.3, 0.4) is 0 Å². The van der Waals surface area contributed by atoms with Gasteiger partial charge in [0, 0.05) is 18.4 Å². The number of fused-ring (bicyclic) bond motifs is 1. The topological polar surface area (TPSA) is 21.5 Å². The lowest BCUT2D eigenvalue weighted by Crippen LogP contribution is -2.35. The zero-order valence-corrected chi connectivity index (χ0v) is 21.3. The fraction of sp³-hybridized carbons (Fsp3) is 0.552. The van der Waals surface area contributed by atoms with Gasteiger partial charge in [0.1, 0.15) is 0 Å². The number of rotatable bonds is 13. The molecule has 0 fully saturated rings. The van der Waals surface area contributed by atoms with Gasteiger partial charge in [0.05, 0.1) is 14.2 Å². The van der Waals surface area contributed by atoms with Crippen LogP contribution in [0, 0.1) is 11.6 Å². The monoisotopic (exact) mass is 472 g/mol. The molecular weight excluding hydrogens is 432 g/mol. The largest absolute Gasteiger partial charge is 0.493 e. The standard InChI is InChI=1S/C29H40F2NO2/c1-5-6-7-8-9-10-11-12-13-17-26-23-20-28(34-4)27(33-3)19-22(23)18-21(2)32(26)29-24(30)15-14-16-25(29)31/h14-16,19-21H,5-13,17-18H2,1-4H3/q+1. The molecular formula is C29H40F2NO2+. The fourth-order valence-electron chi connectivity index (χ4n) is 5.10. The number of unbranched alkanes of at least 4 members (excludes halogenated alkanes) is 8. The molecule has 34 heavy (non-hydrogen) atoms. The Morgan fingerprint density at radius 3 is 2.00 bits per heavy atom. The third-order valence-corrected chi connectivity index (χ3v) is 6.86. The quantitative estimate of drug-likeness (QED) is 0.218. The second kappa shape index (κ2) is 12.9. The van der Waals surface area contributed by atoms with Gasteiger partial charge >= 0.3 is 0 Å². The van der Waals surface area contributed by atoms with E-state index < -0.39 is 11.6 Å². The molecule has 0 aromatic heterocycles. The predicted octanol–water partition coefficient (Wildman–Crippen LogP) is 7.98. The molecule has 1 unspecified atom stereocenters. The van der Waals surface area contributed by atoms with Crippen molar-refractivity contribution >= 4 is 11.4 Å². The highest BCUT2D eigenvalue weighted by Gasteiger charge is 2.36. The Morgan fingerprint density at radius 2 is 1.41 bits per heavy atom. The Hall–Kier alpha value is -2.43. The highest BCUT2D eigenvalue weighted by Crippen LogP contribution is 2.37. The van der Waals surface area contributed by atoms with Crippen LogP contribution in [0.15, 0.2) is 30.3 Å². The van der Waals surface area contributed by atoms with Crippen molar-refractivity contribution < 1.29 is 22.8 Å². The van der Waals surface area contributed by atoms with Crippen LogP contribution in [-0.2, 0) is 6.42 Å². The van der Waals surface area contributed by atoms with E-state index in [-0.39, 0.29) is 11.7 Å². The Kier molecular flexibility index (Phi) is 9.91. The van der Waals surface area contributed by atoms with E-state index in [0.29, 0.717) is 17.9 Å². The summed E-state index contributed by atoms with van der Waals surface area (Å²) >= 11 is 0. The third-order valence-electron chi connectivity index (χ3n) is 6.86. The molecule has 2 aromatic rings. The number of para-hydroxylation sites is 1. The molecule has 186 valence electrons. The highest BCUT2D eigenvalue weighted by molar-refractivity contribution is 6.00. The molecule has 0 radical (unpaired) electrons. The maximum Gasteiger partial charge on any atom is 0.277 e. The average Bonchev–Trinajstić information content (AvgIpc) is 2.83. The van der Waals surface area contributed by atoms with Gasteiger partial charge in [0.15, 0.2) is 34.9 Å². The van der Waals surface area contributed by atoms with E-state index in [4.69, 9.17) is 9.47 Å². The minimum atomic E-state index is -0.527. The Balaban J connectivity index is 1.88. The molecule has 1 heterocycles. The Morgan fingerprint density at radius 1 is 0.853 bits per heavy atom. The van der Waals surface area contributed by atoms with Gasteiger partial charge in [0.2, 0.25) is 0 Å². The number of ether oxygens (including phenoxy) is 2. The number of benzene rings is 2. The van der Waals surface area contributed by atoms with Gasteiger partial charge < -0.3 is 9.47 Å². The predicted molar refractivity (Wildman–Crippen MR) is 135 cm³/mol. The van der Waals surface area contributed by atoms with Crippen LogP contribution in [0.2, 0.25) is 0 Å². The highest BCUT2D eigenvalue weighted by atomic mass is 19.1. The van der Waals surface area contributed by atoms with E-state index in [0.717, 1.165) is 36.1 Å². The molecule has 0 aliphatic carbocycles. The molecule has 1 aliphatic rings. The number of hydrogen-bond acceptors (Lipinski definition) is 2. The van der Waals surface area contributed by atoms with Crippen LogP contribution in [0.1, 0.15) is 89.2 Å². The van der Waals surface area contributed by atoms with Crippen molar-refractivity contribution in [1.82, 2.24) is 0 Å². The summed E-state index contributed by atoms with van der Waals surface area (Å²) in [5, 5.41) is 0. The first kappa shape index (κ1) is 26.2. The SMILES string of the molecule is CCCCCCCCCCCC1=[N+](c2c(F)cccc2F)C(C)Cc2cc(OC)c(OC)cc21. The summed E-state index contributed by atoms with van der Waals surface area (Å²) in [6.45, 7) is 4.27. The summed E-state index contributed by atoms with van der Waals surface area (Å²) in [4.78, 5) is 0. The van der Waals surface area contributed by atoms with E-state index in [1.54, 1.807) is 14.2 Å². The number of halogens is 2. The molecule has 0 saturated heterocycles. The van der Waals surface area contributed by atoms with E-state index in [1.807, 2.05) is 23.6 Å². The van der Waals surface area contributed by atoms with E-state index in [2.05, 4.69) is 6.92 Å². The summed E-state index contributed by atoms with van der Waals surface area (Å²) in [5.74, 6) is 0.261. The number of hydrogen-bond donors (Lipinski definition) is 0. The minimum Gasteiger partial charge on any atom is -0.493 e. The molecule has 5 heteroatoms. The molecule has 0 bridgehead atoms. The summed E-state index contributed by atoms with van der Waals surface area (Å²) in [6.07, 6.45) is 12.5. The fourth-order valence-corrected chi connectivity index (χ4v) is 5.10. The first-order valence-electron chi connectivity index (χ1n) is 12.9. The lowest BCUT2D eigenvalue weighted by molar-refractivity contribution is -0.487. The lowest BCUT2D eigenvalue weighted by Gasteiger charge is -2.25. The molecule has 3 rings (SSSR count). The lowest BCUT2D eigenvalue weighted by atomic mass is 9.89.